The third kappa shape index (κ3) is 2.06. The number of allylic oxidation sites excluding steroid dienone is 8. The quantitative estimate of drug-likeness (QED) is 0.557. The van der Waals surface area contributed by atoms with Crippen LogP contribution in [-0.4, -0.2) is 12.8 Å². The Morgan fingerprint density at radius 3 is 2.67 bits per heavy atom. The second-order valence-electron chi connectivity index (χ2n) is 2.47. The van der Waals surface area contributed by atoms with Crippen LogP contribution in [0.1, 0.15) is 6.92 Å². The summed E-state index contributed by atoms with van der Waals surface area (Å²) in [6.07, 6.45) is 14.2. The second-order valence-corrected chi connectivity index (χ2v) is 2.47. The van der Waals surface area contributed by atoms with Crippen molar-refractivity contribution in [1.82, 2.24) is 0 Å². The van der Waals surface area contributed by atoms with Crippen molar-refractivity contribution in [3.05, 3.63) is 48.1 Å². The van der Waals surface area contributed by atoms with Crippen LogP contribution in [0, 0.1) is 0 Å². The van der Waals surface area contributed by atoms with Crippen LogP contribution in [0.25, 0.3) is 0 Å². The predicted molar refractivity (Wildman–Crippen MR) is 54.5 cm³/mol. The lowest BCUT2D eigenvalue weighted by molar-refractivity contribution is 1.43. The molecular formula is C11H13N. The molecule has 0 fully saturated rings. The van der Waals surface area contributed by atoms with Crippen LogP contribution in [0.3, 0.4) is 0 Å². The Morgan fingerprint density at radius 2 is 2.00 bits per heavy atom. The van der Waals surface area contributed by atoms with E-state index in [0.717, 1.165) is 11.3 Å². The van der Waals surface area contributed by atoms with E-state index in [2.05, 4.69) is 17.1 Å². The van der Waals surface area contributed by atoms with Gasteiger partial charge >= 0.3 is 0 Å². The first-order chi connectivity index (χ1) is 5.88. The topological polar surface area (TPSA) is 12.4 Å². The zero-order valence-corrected chi connectivity index (χ0v) is 7.49. The van der Waals surface area contributed by atoms with Gasteiger partial charge in [0.15, 0.2) is 0 Å². The van der Waals surface area contributed by atoms with Crippen molar-refractivity contribution in [1.29, 1.82) is 0 Å². The van der Waals surface area contributed by atoms with E-state index in [0.29, 0.717) is 0 Å². The molecule has 1 aliphatic carbocycles. The molecule has 12 heavy (non-hydrogen) atoms. The molecule has 0 radical (unpaired) electrons. The fraction of sp³-hybridized carbons (Fsp3) is 0.182. The maximum Gasteiger partial charge on any atom is 0.0643 e. The second kappa shape index (κ2) is 4.50. The molecule has 1 heteroatoms. The maximum atomic E-state index is 4.16. The van der Waals surface area contributed by atoms with Crippen molar-refractivity contribution in [3.63, 3.8) is 0 Å². The van der Waals surface area contributed by atoms with Crippen LogP contribution >= 0.6 is 0 Å². The van der Waals surface area contributed by atoms with Gasteiger partial charge in [-0.1, -0.05) is 36.5 Å². The third-order valence-electron chi connectivity index (χ3n) is 1.65. The van der Waals surface area contributed by atoms with Crippen LogP contribution in [-0.2, 0) is 0 Å². The molecule has 0 aromatic carbocycles. The normalized spacial score (nSPS) is 23.2. The van der Waals surface area contributed by atoms with E-state index >= 15 is 0 Å². The van der Waals surface area contributed by atoms with Crippen molar-refractivity contribution in [3.8, 4) is 0 Å². The minimum Gasteiger partial charge on any atom is -0.288 e. The summed E-state index contributed by atoms with van der Waals surface area (Å²) in [4.78, 5) is 4.16. The number of hydrogen-bond acceptors (Lipinski definition) is 1. The Balaban J connectivity index is 2.90. The molecule has 0 saturated heterocycles. The van der Waals surface area contributed by atoms with E-state index in [1.807, 2.05) is 44.4 Å². The van der Waals surface area contributed by atoms with Crippen LogP contribution < -0.4 is 0 Å². The van der Waals surface area contributed by atoms with E-state index < -0.39 is 0 Å². The molecule has 0 aromatic rings. The van der Waals surface area contributed by atoms with Gasteiger partial charge in [0.1, 0.15) is 0 Å². The van der Waals surface area contributed by atoms with Crippen LogP contribution in [0.15, 0.2) is 53.1 Å². The molecule has 0 spiro atoms. The molecule has 1 aliphatic rings. The molecule has 0 aliphatic heterocycles. The van der Waals surface area contributed by atoms with Gasteiger partial charge in [-0.3, -0.25) is 4.99 Å². The van der Waals surface area contributed by atoms with Gasteiger partial charge < -0.3 is 0 Å². The molecule has 0 saturated carbocycles. The molecule has 1 rings (SSSR count). The number of nitrogens with zero attached hydrogens (tertiary/aromatic N) is 1. The van der Waals surface area contributed by atoms with Gasteiger partial charge in [-0.05, 0) is 18.6 Å². The molecule has 0 unspecified atom stereocenters. The van der Waals surface area contributed by atoms with Crippen LogP contribution in [0.4, 0.5) is 0 Å². The Bertz CT molecular complexity index is 288. The summed E-state index contributed by atoms with van der Waals surface area (Å²) in [5.41, 5.74) is 2.20. The number of hydrogen-bond donors (Lipinski definition) is 0. The van der Waals surface area contributed by atoms with Crippen molar-refractivity contribution in [2.24, 2.45) is 4.99 Å². The highest BCUT2D eigenvalue weighted by Crippen LogP contribution is 2.07. The lowest BCUT2D eigenvalue weighted by Gasteiger charge is -2.03. The minimum atomic E-state index is 1.04. The zero-order chi connectivity index (χ0) is 8.81. The summed E-state index contributed by atoms with van der Waals surface area (Å²) in [6, 6.07) is 0. The highest BCUT2D eigenvalue weighted by molar-refractivity contribution is 6.11. The Kier molecular flexibility index (Phi) is 3.27. The van der Waals surface area contributed by atoms with Gasteiger partial charge in [0.05, 0.1) is 5.71 Å². The molecule has 0 amide bonds. The van der Waals surface area contributed by atoms with Crippen LogP contribution in [0.5, 0.6) is 0 Å². The van der Waals surface area contributed by atoms with Crippen molar-refractivity contribution >= 4 is 5.71 Å². The lowest BCUT2D eigenvalue weighted by Crippen LogP contribution is -1.98. The number of aliphatic imine (C=N–C) groups is 1. The van der Waals surface area contributed by atoms with Crippen molar-refractivity contribution in [2.45, 2.75) is 6.92 Å². The standard InChI is InChI=1S/C11H13N/c1-3-4-7-10-8-5-6-9-11(10)12-2/h3-9H,1-2H3/b4-3-,10-7-,12-11?. The van der Waals surface area contributed by atoms with Gasteiger partial charge in [-0.25, -0.2) is 0 Å². The lowest BCUT2D eigenvalue weighted by atomic mass is 10.1. The highest BCUT2D eigenvalue weighted by Gasteiger charge is 1.99. The molecule has 0 N–H and O–H groups in total. The summed E-state index contributed by atoms with van der Waals surface area (Å²) >= 11 is 0. The monoisotopic (exact) mass is 159 g/mol. The summed E-state index contributed by atoms with van der Waals surface area (Å²) in [5, 5.41) is 0. The smallest absolute Gasteiger partial charge is 0.0643 e. The van der Waals surface area contributed by atoms with E-state index in [4.69, 9.17) is 0 Å². The van der Waals surface area contributed by atoms with E-state index in [9.17, 15) is 0 Å². The molecule has 0 atom stereocenters. The first-order valence-corrected chi connectivity index (χ1v) is 4.03. The predicted octanol–water partition coefficient (Wildman–Crippen LogP) is 2.69. The van der Waals surface area contributed by atoms with E-state index in [-0.39, 0.29) is 0 Å². The summed E-state index contributed by atoms with van der Waals surface area (Å²) in [6.45, 7) is 2.00. The number of rotatable bonds is 1. The third-order valence-corrected chi connectivity index (χ3v) is 1.65. The Morgan fingerprint density at radius 1 is 1.25 bits per heavy atom. The minimum absolute atomic E-state index is 1.04. The van der Waals surface area contributed by atoms with Gasteiger partial charge in [-0.2, -0.15) is 0 Å². The summed E-state index contributed by atoms with van der Waals surface area (Å²) in [7, 11) is 1.81. The van der Waals surface area contributed by atoms with Gasteiger partial charge in [-0.15, -0.1) is 0 Å². The first kappa shape index (κ1) is 8.72. The molecule has 1 nitrogen and oxygen atoms in total. The van der Waals surface area contributed by atoms with E-state index in [1.54, 1.807) is 0 Å². The summed E-state index contributed by atoms with van der Waals surface area (Å²) in [5.74, 6) is 0. The first-order valence-electron chi connectivity index (χ1n) is 4.03. The molecular weight excluding hydrogens is 146 g/mol. The van der Waals surface area contributed by atoms with Crippen LogP contribution in [0.2, 0.25) is 0 Å². The summed E-state index contributed by atoms with van der Waals surface area (Å²) < 4.78 is 0. The highest BCUT2D eigenvalue weighted by atomic mass is 14.7. The Labute approximate surface area is 73.5 Å². The zero-order valence-electron chi connectivity index (χ0n) is 7.49. The van der Waals surface area contributed by atoms with Crippen molar-refractivity contribution < 1.29 is 0 Å². The van der Waals surface area contributed by atoms with E-state index in [1.165, 1.54) is 0 Å². The van der Waals surface area contributed by atoms with Gasteiger partial charge in [0, 0.05) is 7.05 Å². The van der Waals surface area contributed by atoms with Crippen molar-refractivity contribution in [2.75, 3.05) is 7.05 Å². The fourth-order valence-corrected chi connectivity index (χ4v) is 1.03. The van der Waals surface area contributed by atoms with Gasteiger partial charge in [0.2, 0.25) is 0 Å². The average Bonchev–Trinajstić information content (AvgIpc) is 2.15. The largest absolute Gasteiger partial charge is 0.288 e. The Hall–Kier alpha value is -1.37. The maximum absolute atomic E-state index is 4.16. The molecule has 0 aromatic heterocycles. The molecule has 0 bridgehead atoms. The molecule has 0 heterocycles. The average molecular weight is 159 g/mol. The SMILES string of the molecule is C/C=C\C=C1\C=CC=CC1=NC. The fourth-order valence-electron chi connectivity index (χ4n) is 1.03. The molecule has 62 valence electrons. The van der Waals surface area contributed by atoms with Gasteiger partial charge in [0.25, 0.3) is 0 Å².